The maximum Gasteiger partial charge on any atom is 0.311 e. The molecule has 0 saturated carbocycles. The second kappa shape index (κ2) is 6.56. The van der Waals surface area contributed by atoms with Crippen LogP contribution < -0.4 is 10.2 Å². The van der Waals surface area contributed by atoms with E-state index in [9.17, 15) is 9.90 Å². The molecule has 2 N–H and O–H groups in total. The summed E-state index contributed by atoms with van der Waals surface area (Å²) in [5, 5.41) is 17.9. The first-order chi connectivity index (χ1) is 12.0. The average molecular weight is 340 g/mol. The lowest BCUT2D eigenvalue weighted by atomic mass is 10.2. The average Bonchev–Trinajstić information content (AvgIpc) is 3.00. The van der Waals surface area contributed by atoms with Crippen LogP contribution in [0.15, 0.2) is 29.4 Å². The number of fused-ring (bicyclic) bond motifs is 1. The van der Waals surface area contributed by atoms with E-state index in [4.69, 9.17) is 4.74 Å². The number of aryl methyl sites for hydroxylation is 2. The van der Waals surface area contributed by atoms with Gasteiger partial charge in [-0.05, 0) is 32.0 Å². The van der Waals surface area contributed by atoms with Gasteiger partial charge < -0.3 is 9.84 Å². The molecule has 0 spiro atoms. The van der Waals surface area contributed by atoms with E-state index in [-0.39, 0.29) is 11.6 Å². The van der Waals surface area contributed by atoms with Crippen molar-refractivity contribution < 1.29 is 14.6 Å². The summed E-state index contributed by atoms with van der Waals surface area (Å²) in [6.45, 7) is 3.69. The summed E-state index contributed by atoms with van der Waals surface area (Å²) >= 11 is 0. The van der Waals surface area contributed by atoms with E-state index >= 15 is 0 Å². The molecule has 0 fully saturated rings. The molecule has 3 rings (SSSR count). The first-order valence-electron chi connectivity index (χ1n) is 7.40. The van der Waals surface area contributed by atoms with Crippen LogP contribution in [0.5, 0.6) is 11.5 Å². The lowest BCUT2D eigenvalue weighted by Crippen LogP contribution is -2.19. The van der Waals surface area contributed by atoms with Crippen molar-refractivity contribution in [3.8, 4) is 11.5 Å². The van der Waals surface area contributed by atoms with Crippen LogP contribution in [0.1, 0.15) is 27.6 Å². The van der Waals surface area contributed by atoms with Gasteiger partial charge in [0.05, 0.1) is 13.3 Å². The minimum Gasteiger partial charge on any atom is -0.504 e. The van der Waals surface area contributed by atoms with E-state index in [2.05, 4.69) is 25.6 Å². The van der Waals surface area contributed by atoms with Gasteiger partial charge in [0, 0.05) is 17.0 Å². The molecule has 2 aromatic heterocycles. The number of hydrogen-bond acceptors (Lipinski definition) is 7. The first kappa shape index (κ1) is 16.4. The van der Waals surface area contributed by atoms with Crippen LogP contribution >= 0.6 is 0 Å². The number of phenolic OH excluding ortho intramolecular Hbond substituents is 1. The Bertz CT molecular complexity index is 979. The SMILES string of the molecule is COc1cccc(/C=N\NC(=O)c2nc3nc(C)cc(C)n3n2)c1O. The monoisotopic (exact) mass is 340 g/mol. The molecule has 0 radical (unpaired) electrons. The summed E-state index contributed by atoms with van der Waals surface area (Å²) < 4.78 is 6.49. The lowest BCUT2D eigenvalue weighted by Gasteiger charge is -2.04. The molecule has 3 aromatic rings. The molecular weight excluding hydrogens is 324 g/mol. The highest BCUT2D eigenvalue weighted by Crippen LogP contribution is 2.27. The molecule has 9 heteroatoms. The molecule has 0 saturated heterocycles. The van der Waals surface area contributed by atoms with Gasteiger partial charge in [0.2, 0.25) is 5.82 Å². The number of amides is 1. The van der Waals surface area contributed by atoms with E-state index in [1.165, 1.54) is 17.8 Å². The molecule has 1 amide bonds. The molecule has 25 heavy (non-hydrogen) atoms. The largest absolute Gasteiger partial charge is 0.504 e. The summed E-state index contributed by atoms with van der Waals surface area (Å²) in [7, 11) is 1.45. The van der Waals surface area contributed by atoms with Gasteiger partial charge in [-0.25, -0.2) is 14.9 Å². The van der Waals surface area contributed by atoms with E-state index in [0.29, 0.717) is 17.1 Å². The quantitative estimate of drug-likeness (QED) is 0.545. The number of methoxy groups -OCH3 is 1. The lowest BCUT2D eigenvalue weighted by molar-refractivity contribution is 0.0945. The molecule has 0 aliphatic rings. The van der Waals surface area contributed by atoms with E-state index in [0.717, 1.165) is 11.4 Å². The maximum absolute atomic E-state index is 12.1. The van der Waals surface area contributed by atoms with Crippen molar-refractivity contribution >= 4 is 17.9 Å². The van der Waals surface area contributed by atoms with Gasteiger partial charge in [-0.1, -0.05) is 6.07 Å². The Hall–Kier alpha value is -3.49. The summed E-state index contributed by atoms with van der Waals surface area (Å²) in [5.74, 6) is -0.0372. The number of rotatable bonds is 4. The maximum atomic E-state index is 12.1. The zero-order chi connectivity index (χ0) is 18.0. The molecule has 0 atom stereocenters. The van der Waals surface area contributed by atoms with Gasteiger partial charge in [-0.15, -0.1) is 5.10 Å². The number of aromatic hydroxyl groups is 1. The first-order valence-corrected chi connectivity index (χ1v) is 7.40. The number of nitrogens with zero attached hydrogens (tertiary/aromatic N) is 5. The molecule has 0 bridgehead atoms. The zero-order valence-corrected chi connectivity index (χ0v) is 13.9. The molecule has 2 heterocycles. The van der Waals surface area contributed by atoms with Crippen LogP contribution in [0.4, 0.5) is 0 Å². The van der Waals surface area contributed by atoms with Crippen molar-refractivity contribution in [1.82, 2.24) is 25.0 Å². The van der Waals surface area contributed by atoms with Crippen LogP contribution in [-0.4, -0.2) is 43.9 Å². The fraction of sp³-hybridized carbons (Fsp3) is 0.188. The predicted molar refractivity (Wildman–Crippen MR) is 90.0 cm³/mol. The number of benzene rings is 1. The minimum atomic E-state index is -0.582. The fourth-order valence-electron chi connectivity index (χ4n) is 2.28. The number of hydrazone groups is 1. The Labute approximate surface area is 143 Å². The Kier molecular flexibility index (Phi) is 4.29. The summed E-state index contributed by atoms with van der Waals surface area (Å²) in [4.78, 5) is 20.4. The minimum absolute atomic E-state index is 0.0479. The standard InChI is InChI=1S/C16H16N6O3/c1-9-7-10(2)22-16(18-9)19-14(21-22)15(24)20-17-8-11-5-4-6-12(25-3)13(11)23/h4-8,23H,1-3H3,(H,20,24)/b17-8-. The van der Waals surface area contributed by atoms with Gasteiger partial charge >= 0.3 is 5.91 Å². The molecule has 0 aliphatic carbocycles. The third-order valence-corrected chi connectivity index (χ3v) is 3.44. The van der Waals surface area contributed by atoms with Crippen molar-refractivity contribution in [3.05, 3.63) is 47.0 Å². The van der Waals surface area contributed by atoms with Gasteiger partial charge in [-0.3, -0.25) is 4.79 Å². The number of ether oxygens (including phenoxy) is 1. The second-order valence-electron chi connectivity index (χ2n) is 5.28. The number of nitrogens with one attached hydrogen (secondary N) is 1. The summed E-state index contributed by atoms with van der Waals surface area (Å²) in [6.07, 6.45) is 1.30. The van der Waals surface area contributed by atoms with Crippen LogP contribution in [0.25, 0.3) is 5.78 Å². The summed E-state index contributed by atoms with van der Waals surface area (Å²) in [6, 6.07) is 6.78. The van der Waals surface area contributed by atoms with Crippen LogP contribution in [0.2, 0.25) is 0 Å². The number of aromatic nitrogens is 4. The highest BCUT2D eigenvalue weighted by molar-refractivity contribution is 5.92. The van der Waals surface area contributed by atoms with E-state index in [1.54, 1.807) is 18.2 Å². The Morgan fingerprint density at radius 1 is 1.36 bits per heavy atom. The Morgan fingerprint density at radius 3 is 2.92 bits per heavy atom. The van der Waals surface area contributed by atoms with Gasteiger partial charge in [0.25, 0.3) is 5.78 Å². The van der Waals surface area contributed by atoms with Crippen molar-refractivity contribution in [2.24, 2.45) is 5.10 Å². The number of carbonyl (C=O) groups is 1. The third-order valence-electron chi connectivity index (χ3n) is 3.44. The van der Waals surface area contributed by atoms with Crippen molar-refractivity contribution in [2.45, 2.75) is 13.8 Å². The summed E-state index contributed by atoms with van der Waals surface area (Å²) in [5.41, 5.74) is 4.32. The molecule has 9 nitrogen and oxygen atoms in total. The third kappa shape index (κ3) is 3.25. The number of para-hydroxylation sites is 1. The molecule has 0 unspecified atom stereocenters. The molecule has 128 valence electrons. The molecule has 1 aromatic carbocycles. The zero-order valence-electron chi connectivity index (χ0n) is 13.9. The van der Waals surface area contributed by atoms with Crippen LogP contribution in [0.3, 0.4) is 0 Å². The predicted octanol–water partition coefficient (Wildman–Crippen LogP) is 1.22. The van der Waals surface area contributed by atoms with Crippen molar-refractivity contribution in [3.63, 3.8) is 0 Å². The highest BCUT2D eigenvalue weighted by Gasteiger charge is 2.14. The number of carbonyl (C=O) groups excluding carboxylic acids is 1. The second-order valence-corrected chi connectivity index (χ2v) is 5.28. The van der Waals surface area contributed by atoms with Crippen molar-refractivity contribution in [2.75, 3.05) is 7.11 Å². The van der Waals surface area contributed by atoms with Gasteiger partial charge in [0.15, 0.2) is 11.5 Å². The Morgan fingerprint density at radius 2 is 2.16 bits per heavy atom. The van der Waals surface area contributed by atoms with E-state index < -0.39 is 5.91 Å². The van der Waals surface area contributed by atoms with Gasteiger partial charge in [-0.2, -0.15) is 10.1 Å². The highest BCUT2D eigenvalue weighted by atomic mass is 16.5. The molecular formula is C16H16N6O3. The Balaban J connectivity index is 1.78. The van der Waals surface area contributed by atoms with Gasteiger partial charge in [0.1, 0.15) is 0 Å². The number of phenols is 1. The smallest absolute Gasteiger partial charge is 0.311 e. The van der Waals surface area contributed by atoms with E-state index in [1.807, 2.05) is 19.9 Å². The van der Waals surface area contributed by atoms with Crippen LogP contribution in [0, 0.1) is 13.8 Å². The topological polar surface area (TPSA) is 114 Å². The normalized spacial score (nSPS) is 11.2. The number of hydrogen-bond donors (Lipinski definition) is 2. The van der Waals surface area contributed by atoms with Crippen molar-refractivity contribution in [1.29, 1.82) is 0 Å². The fourth-order valence-corrected chi connectivity index (χ4v) is 2.28. The molecule has 0 aliphatic heterocycles. The van der Waals surface area contributed by atoms with Crippen LogP contribution in [-0.2, 0) is 0 Å².